The van der Waals surface area contributed by atoms with E-state index in [-0.39, 0.29) is 17.5 Å². The molecule has 0 bridgehead atoms. The summed E-state index contributed by atoms with van der Waals surface area (Å²) in [6.07, 6.45) is 0.725. The first-order valence-corrected chi connectivity index (χ1v) is 7.24. The van der Waals surface area contributed by atoms with Gasteiger partial charge in [-0.15, -0.1) is 0 Å². The Bertz CT molecular complexity index is 713. The van der Waals surface area contributed by atoms with Crippen LogP contribution in [0.15, 0.2) is 42.5 Å². The molecule has 1 aliphatic rings. The zero-order valence-electron chi connectivity index (χ0n) is 12.3. The number of carbonyl (C=O) groups excluding carboxylic acids is 2. The normalized spacial score (nSPS) is 13.4. The van der Waals surface area contributed by atoms with E-state index in [0.717, 1.165) is 12.0 Å². The van der Waals surface area contributed by atoms with Crippen molar-refractivity contribution in [2.45, 2.75) is 20.0 Å². The van der Waals surface area contributed by atoms with E-state index in [4.69, 9.17) is 4.74 Å². The highest BCUT2D eigenvalue weighted by atomic mass is 16.5. The van der Waals surface area contributed by atoms with E-state index in [2.05, 4.69) is 4.98 Å². The second-order valence-corrected chi connectivity index (χ2v) is 5.08. The highest BCUT2D eigenvalue weighted by Crippen LogP contribution is 2.24. The Labute approximate surface area is 128 Å². The predicted octanol–water partition coefficient (Wildman–Crippen LogP) is 2.67. The smallest absolute Gasteiger partial charge is 0.280 e. The number of rotatable bonds is 5. The van der Waals surface area contributed by atoms with Crippen LogP contribution in [0.1, 0.15) is 39.8 Å². The molecule has 0 saturated heterocycles. The fraction of sp³-hybridized carbons (Fsp3) is 0.235. The van der Waals surface area contributed by atoms with E-state index in [0.29, 0.717) is 24.6 Å². The number of benzene rings is 1. The van der Waals surface area contributed by atoms with Gasteiger partial charge in [0, 0.05) is 12.6 Å². The molecule has 5 nitrogen and oxygen atoms in total. The molecule has 112 valence electrons. The Morgan fingerprint density at radius 2 is 1.82 bits per heavy atom. The van der Waals surface area contributed by atoms with Gasteiger partial charge in [-0.25, -0.2) is 4.98 Å². The monoisotopic (exact) mass is 296 g/mol. The molecule has 0 fully saturated rings. The molecule has 2 heterocycles. The summed E-state index contributed by atoms with van der Waals surface area (Å²) in [5.74, 6) is -0.266. The third-order valence-corrected chi connectivity index (χ3v) is 3.47. The second kappa shape index (κ2) is 5.97. The fourth-order valence-electron chi connectivity index (χ4n) is 2.38. The number of carbonyl (C=O) groups is 2. The van der Waals surface area contributed by atoms with Gasteiger partial charge in [0.15, 0.2) is 0 Å². The van der Waals surface area contributed by atoms with E-state index < -0.39 is 0 Å². The van der Waals surface area contributed by atoms with Crippen LogP contribution < -0.4 is 4.74 Å². The molecule has 2 aromatic rings. The van der Waals surface area contributed by atoms with Crippen molar-refractivity contribution >= 4 is 11.8 Å². The highest BCUT2D eigenvalue weighted by molar-refractivity contribution is 6.20. The number of pyridine rings is 1. The summed E-state index contributed by atoms with van der Waals surface area (Å²) in [6.45, 7) is 2.70. The average Bonchev–Trinajstić information content (AvgIpc) is 2.79. The minimum Gasteiger partial charge on any atom is -0.473 e. The summed E-state index contributed by atoms with van der Waals surface area (Å²) in [6, 6.07) is 12.9. The van der Waals surface area contributed by atoms with Gasteiger partial charge in [0.05, 0.1) is 5.56 Å². The van der Waals surface area contributed by atoms with Gasteiger partial charge in [0.2, 0.25) is 5.88 Å². The zero-order valence-corrected chi connectivity index (χ0v) is 12.3. The van der Waals surface area contributed by atoms with E-state index in [1.54, 1.807) is 12.1 Å². The molecule has 0 spiro atoms. The number of hydrogen-bond donors (Lipinski definition) is 0. The van der Waals surface area contributed by atoms with Gasteiger partial charge in [-0.3, -0.25) is 14.5 Å². The molecule has 1 aromatic carbocycles. The molecule has 2 amide bonds. The lowest BCUT2D eigenvalue weighted by molar-refractivity contribution is 0.0652. The minimum atomic E-state index is -0.341. The third-order valence-electron chi connectivity index (χ3n) is 3.47. The van der Waals surface area contributed by atoms with Crippen LogP contribution in [0.3, 0.4) is 0 Å². The lowest BCUT2D eigenvalue weighted by atomic mass is 10.2. The first-order valence-electron chi connectivity index (χ1n) is 7.24. The van der Waals surface area contributed by atoms with Gasteiger partial charge in [0.25, 0.3) is 11.8 Å². The van der Waals surface area contributed by atoms with Crippen molar-refractivity contribution in [3.05, 3.63) is 59.3 Å². The number of aromatic nitrogens is 1. The van der Waals surface area contributed by atoms with Crippen molar-refractivity contribution in [1.29, 1.82) is 0 Å². The topological polar surface area (TPSA) is 59.5 Å². The van der Waals surface area contributed by atoms with Crippen molar-refractivity contribution in [3.63, 3.8) is 0 Å². The maximum absolute atomic E-state index is 12.2. The Kier molecular flexibility index (Phi) is 3.87. The van der Waals surface area contributed by atoms with Crippen LogP contribution in [0, 0.1) is 0 Å². The van der Waals surface area contributed by atoms with Crippen molar-refractivity contribution in [1.82, 2.24) is 9.88 Å². The lowest BCUT2D eigenvalue weighted by Crippen LogP contribution is -2.30. The number of nitrogens with zero attached hydrogens (tertiary/aromatic N) is 2. The van der Waals surface area contributed by atoms with Gasteiger partial charge in [-0.05, 0) is 18.1 Å². The molecule has 1 aliphatic heterocycles. The number of amides is 2. The van der Waals surface area contributed by atoms with E-state index in [9.17, 15) is 9.59 Å². The maximum atomic E-state index is 12.2. The molecule has 0 aliphatic carbocycles. The standard InChI is InChI=1S/C17H16N2O3/c1-2-10-19-16(20)13-8-9-14(18-15(13)17(19)21)22-11-12-6-4-3-5-7-12/h3-9H,2,10-11H2,1H3. The Hall–Kier alpha value is -2.69. The van der Waals surface area contributed by atoms with Gasteiger partial charge in [0.1, 0.15) is 12.3 Å². The molecule has 0 saturated carbocycles. The minimum absolute atomic E-state index is 0.184. The van der Waals surface area contributed by atoms with Crippen LogP contribution in [0.4, 0.5) is 0 Å². The summed E-state index contributed by atoms with van der Waals surface area (Å²) in [5, 5.41) is 0. The number of fused-ring (bicyclic) bond motifs is 1. The van der Waals surface area contributed by atoms with Gasteiger partial charge < -0.3 is 4.74 Å². The maximum Gasteiger partial charge on any atom is 0.280 e. The molecule has 1 aromatic heterocycles. The summed E-state index contributed by atoms with van der Waals surface area (Å²) >= 11 is 0. The van der Waals surface area contributed by atoms with Gasteiger partial charge in [-0.2, -0.15) is 0 Å². The van der Waals surface area contributed by atoms with E-state index in [1.807, 2.05) is 37.3 Å². The summed E-state index contributed by atoms with van der Waals surface area (Å²) in [7, 11) is 0. The van der Waals surface area contributed by atoms with Crippen LogP contribution in [-0.2, 0) is 6.61 Å². The molecular formula is C17H16N2O3. The number of hydrogen-bond acceptors (Lipinski definition) is 4. The fourth-order valence-corrected chi connectivity index (χ4v) is 2.38. The third kappa shape index (κ3) is 2.57. The number of ether oxygens (including phenoxy) is 1. The molecule has 0 atom stereocenters. The second-order valence-electron chi connectivity index (χ2n) is 5.08. The number of imide groups is 1. The molecule has 0 N–H and O–H groups in total. The van der Waals surface area contributed by atoms with Gasteiger partial charge >= 0.3 is 0 Å². The predicted molar refractivity (Wildman–Crippen MR) is 80.7 cm³/mol. The van der Waals surface area contributed by atoms with Crippen LogP contribution >= 0.6 is 0 Å². The molecule has 5 heteroatoms. The molecular weight excluding hydrogens is 280 g/mol. The van der Waals surface area contributed by atoms with Crippen LogP contribution in [0.25, 0.3) is 0 Å². The molecule has 3 rings (SSSR count). The highest BCUT2D eigenvalue weighted by Gasteiger charge is 2.36. The summed E-state index contributed by atoms with van der Waals surface area (Å²) in [4.78, 5) is 29.8. The van der Waals surface area contributed by atoms with Crippen molar-refractivity contribution < 1.29 is 14.3 Å². The Morgan fingerprint density at radius 1 is 1.05 bits per heavy atom. The SMILES string of the molecule is CCCN1C(=O)c2ccc(OCc3ccccc3)nc2C1=O. The van der Waals surface area contributed by atoms with Gasteiger partial charge in [-0.1, -0.05) is 37.3 Å². The molecule has 22 heavy (non-hydrogen) atoms. The van der Waals surface area contributed by atoms with E-state index >= 15 is 0 Å². The van der Waals surface area contributed by atoms with Crippen LogP contribution in [-0.4, -0.2) is 28.2 Å². The largest absolute Gasteiger partial charge is 0.473 e. The Morgan fingerprint density at radius 3 is 2.55 bits per heavy atom. The first kappa shape index (κ1) is 14.3. The van der Waals surface area contributed by atoms with Crippen molar-refractivity contribution in [3.8, 4) is 5.88 Å². The molecule has 0 radical (unpaired) electrons. The average molecular weight is 296 g/mol. The van der Waals surface area contributed by atoms with Crippen LogP contribution in [0.5, 0.6) is 5.88 Å². The lowest BCUT2D eigenvalue weighted by Gasteiger charge is -2.10. The van der Waals surface area contributed by atoms with Crippen LogP contribution in [0.2, 0.25) is 0 Å². The zero-order chi connectivity index (χ0) is 15.5. The molecule has 0 unspecified atom stereocenters. The van der Waals surface area contributed by atoms with Crippen molar-refractivity contribution in [2.75, 3.05) is 6.54 Å². The van der Waals surface area contributed by atoms with E-state index in [1.165, 1.54) is 4.90 Å². The summed E-state index contributed by atoms with van der Waals surface area (Å²) < 4.78 is 5.60. The Balaban J connectivity index is 1.78. The first-order chi connectivity index (χ1) is 10.7. The van der Waals surface area contributed by atoms with Crippen molar-refractivity contribution in [2.24, 2.45) is 0 Å². The summed E-state index contributed by atoms with van der Waals surface area (Å²) in [5.41, 5.74) is 1.55. The quantitative estimate of drug-likeness (QED) is 0.796.